The van der Waals surface area contributed by atoms with Gasteiger partial charge in [-0.2, -0.15) is 0 Å². The summed E-state index contributed by atoms with van der Waals surface area (Å²) in [6.45, 7) is 1.79. The summed E-state index contributed by atoms with van der Waals surface area (Å²) < 4.78 is 6.88. The van der Waals surface area contributed by atoms with Gasteiger partial charge in [0.05, 0.1) is 6.61 Å². The summed E-state index contributed by atoms with van der Waals surface area (Å²) in [7, 11) is 0. The van der Waals surface area contributed by atoms with E-state index in [4.69, 9.17) is 4.74 Å². The molecule has 0 aromatic rings. The van der Waals surface area contributed by atoms with Crippen molar-refractivity contribution in [3.05, 3.63) is 24.3 Å². The Morgan fingerprint density at radius 2 is 1.71 bits per heavy atom. The second kappa shape index (κ2) is 8.48. The van der Waals surface area contributed by atoms with Crippen molar-refractivity contribution in [1.82, 2.24) is 0 Å². The van der Waals surface area contributed by atoms with Gasteiger partial charge in [0.25, 0.3) is 0 Å². The Labute approximate surface area is 101 Å². The number of rotatable bonds is 8. The first-order chi connectivity index (χ1) is 6.93. The fraction of sp³-hybridized carbons (Fsp3) is 0.667. The van der Waals surface area contributed by atoms with E-state index in [1.165, 1.54) is 30.1 Å². The molecule has 1 aliphatic carbocycles. The van der Waals surface area contributed by atoms with Crippen molar-refractivity contribution in [2.24, 2.45) is 5.92 Å². The molecule has 0 amide bonds. The van der Waals surface area contributed by atoms with E-state index in [0.717, 1.165) is 13.2 Å². The van der Waals surface area contributed by atoms with Crippen LogP contribution in [0.15, 0.2) is 24.3 Å². The van der Waals surface area contributed by atoms with Gasteiger partial charge < -0.3 is 4.74 Å². The summed E-state index contributed by atoms with van der Waals surface area (Å²) in [5.74, 6) is 0.532. The molecule has 0 aromatic heterocycles. The standard InChI is InChI=1S/C12H19IO/c13-9-5-1-2-6-10-14-11-12-7-3-4-8-12/h3-4,7-8,12H,1-2,5-6,9-11H2. The Bertz CT molecular complexity index is 175. The lowest BCUT2D eigenvalue weighted by molar-refractivity contribution is 0.119. The first kappa shape index (κ1) is 12.2. The van der Waals surface area contributed by atoms with Crippen molar-refractivity contribution in [2.45, 2.75) is 25.7 Å². The number of hydrogen-bond donors (Lipinski definition) is 0. The maximum Gasteiger partial charge on any atom is 0.0563 e. The normalized spacial score (nSPS) is 15.5. The summed E-state index contributed by atoms with van der Waals surface area (Å²) in [4.78, 5) is 0. The van der Waals surface area contributed by atoms with E-state index < -0.39 is 0 Å². The second-order valence-electron chi connectivity index (χ2n) is 3.61. The van der Waals surface area contributed by atoms with Crippen LogP contribution >= 0.6 is 22.6 Å². The lowest BCUT2D eigenvalue weighted by Crippen LogP contribution is -2.04. The minimum absolute atomic E-state index is 0.532. The molecule has 80 valence electrons. The number of ether oxygens (including phenoxy) is 1. The van der Waals surface area contributed by atoms with E-state index in [2.05, 4.69) is 46.9 Å². The van der Waals surface area contributed by atoms with Gasteiger partial charge in [-0.1, -0.05) is 59.7 Å². The topological polar surface area (TPSA) is 9.23 Å². The van der Waals surface area contributed by atoms with Gasteiger partial charge in [0.2, 0.25) is 0 Å². The fourth-order valence-corrected chi connectivity index (χ4v) is 2.00. The first-order valence-corrected chi connectivity index (χ1v) is 6.95. The SMILES string of the molecule is ICCCCCCOCC1C=CC=C1. The van der Waals surface area contributed by atoms with Crippen LogP contribution in [0.1, 0.15) is 25.7 Å². The van der Waals surface area contributed by atoms with Gasteiger partial charge in [0.15, 0.2) is 0 Å². The van der Waals surface area contributed by atoms with Crippen molar-refractivity contribution in [1.29, 1.82) is 0 Å². The van der Waals surface area contributed by atoms with Gasteiger partial charge in [-0.3, -0.25) is 0 Å². The molecule has 0 N–H and O–H groups in total. The Morgan fingerprint density at radius 3 is 2.43 bits per heavy atom. The molecule has 1 rings (SSSR count). The molecule has 2 heteroatoms. The van der Waals surface area contributed by atoms with Crippen LogP contribution in [-0.4, -0.2) is 17.6 Å². The molecule has 0 bridgehead atoms. The summed E-state index contributed by atoms with van der Waals surface area (Å²) >= 11 is 2.43. The average molecular weight is 306 g/mol. The summed E-state index contributed by atoms with van der Waals surface area (Å²) in [5, 5.41) is 0. The highest BCUT2D eigenvalue weighted by atomic mass is 127. The smallest absolute Gasteiger partial charge is 0.0563 e. The Balaban J connectivity index is 1.80. The number of halogens is 1. The van der Waals surface area contributed by atoms with Crippen molar-refractivity contribution < 1.29 is 4.74 Å². The third kappa shape index (κ3) is 5.81. The van der Waals surface area contributed by atoms with E-state index >= 15 is 0 Å². The zero-order valence-corrected chi connectivity index (χ0v) is 10.8. The van der Waals surface area contributed by atoms with Gasteiger partial charge in [0, 0.05) is 12.5 Å². The minimum Gasteiger partial charge on any atom is -0.381 e. The molecule has 0 atom stereocenters. The molecule has 0 aromatic carbocycles. The minimum atomic E-state index is 0.532. The molecule has 0 aliphatic heterocycles. The van der Waals surface area contributed by atoms with Crippen LogP contribution in [0.25, 0.3) is 0 Å². The Kier molecular flexibility index (Phi) is 7.41. The molecule has 1 nitrogen and oxygen atoms in total. The van der Waals surface area contributed by atoms with Gasteiger partial charge >= 0.3 is 0 Å². The number of unbranched alkanes of at least 4 members (excludes halogenated alkanes) is 3. The van der Waals surface area contributed by atoms with Crippen molar-refractivity contribution in [3.8, 4) is 0 Å². The van der Waals surface area contributed by atoms with E-state index in [9.17, 15) is 0 Å². The predicted octanol–water partition coefficient (Wildman–Crippen LogP) is 3.74. The van der Waals surface area contributed by atoms with Crippen LogP contribution in [-0.2, 0) is 4.74 Å². The van der Waals surface area contributed by atoms with Crippen LogP contribution in [0.2, 0.25) is 0 Å². The van der Waals surface area contributed by atoms with Crippen LogP contribution in [0.3, 0.4) is 0 Å². The van der Waals surface area contributed by atoms with Crippen LogP contribution < -0.4 is 0 Å². The Hall–Kier alpha value is 0.170. The highest BCUT2D eigenvalue weighted by Crippen LogP contribution is 2.09. The molecule has 0 spiro atoms. The monoisotopic (exact) mass is 306 g/mol. The quantitative estimate of drug-likeness (QED) is 0.377. The maximum atomic E-state index is 5.59. The molecule has 0 saturated carbocycles. The zero-order chi connectivity index (χ0) is 10.1. The second-order valence-corrected chi connectivity index (χ2v) is 4.69. The van der Waals surface area contributed by atoms with Crippen molar-refractivity contribution >= 4 is 22.6 Å². The molecule has 0 radical (unpaired) electrons. The summed E-state index contributed by atoms with van der Waals surface area (Å²) in [6, 6.07) is 0. The van der Waals surface area contributed by atoms with E-state index in [-0.39, 0.29) is 0 Å². The van der Waals surface area contributed by atoms with E-state index in [1.807, 2.05) is 0 Å². The van der Waals surface area contributed by atoms with Crippen LogP contribution in [0.5, 0.6) is 0 Å². The highest BCUT2D eigenvalue weighted by molar-refractivity contribution is 14.1. The zero-order valence-electron chi connectivity index (χ0n) is 8.62. The van der Waals surface area contributed by atoms with Crippen LogP contribution in [0.4, 0.5) is 0 Å². The molecule has 0 heterocycles. The van der Waals surface area contributed by atoms with E-state index in [1.54, 1.807) is 0 Å². The number of alkyl halides is 1. The predicted molar refractivity (Wildman–Crippen MR) is 69.9 cm³/mol. The molecule has 0 fully saturated rings. The molecular weight excluding hydrogens is 287 g/mol. The molecular formula is C12H19IO. The van der Waals surface area contributed by atoms with Gasteiger partial charge in [-0.25, -0.2) is 0 Å². The maximum absolute atomic E-state index is 5.59. The van der Waals surface area contributed by atoms with Gasteiger partial charge in [0.1, 0.15) is 0 Å². The molecule has 1 aliphatic rings. The first-order valence-electron chi connectivity index (χ1n) is 5.42. The lowest BCUT2D eigenvalue weighted by atomic mass is 10.2. The van der Waals surface area contributed by atoms with Gasteiger partial charge in [-0.05, 0) is 17.3 Å². The van der Waals surface area contributed by atoms with Crippen molar-refractivity contribution in [3.63, 3.8) is 0 Å². The summed E-state index contributed by atoms with van der Waals surface area (Å²) in [5.41, 5.74) is 0. The van der Waals surface area contributed by atoms with Crippen LogP contribution in [0, 0.1) is 5.92 Å². The molecule has 0 unspecified atom stereocenters. The van der Waals surface area contributed by atoms with Gasteiger partial charge in [-0.15, -0.1) is 0 Å². The third-order valence-corrected chi connectivity index (χ3v) is 3.07. The number of hydrogen-bond acceptors (Lipinski definition) is 1. The van der Waals surface area contributed by atoms with E-state index in [0.29, 0.717) is 5.92 Å². The largest absolute Gasteiger partial charge is 0.381 e. The Morgan fingerprint density at radius 1 is 1.00 bits per heavy atom. The number of allylic oxidation sites excluding steroid dienone is 2. The fourth-order valence-electron chi connectivity index (χ4n) is 1.46. The highest BCUT2D eigenvalue weighted by Gasteiger charge is 2.02. The third-order valence-electron chi connectivity index (χ3n) is 2.31. The lowest BCUT2D eigenvalue weighted by Gasteiger charge is -2.06. The average Bonchev–Trinajstić information content (AvgIpc) is 2.69. The van der Waals surface area contributed by atoms with Crippen molar-refractivity contribution in [2.75, 3.05) is 17.6 Å². The molecule has 14 heavy (non-hydrogen) atoms. The summed E-state index contributed by atoms with van der Waals surface area (Å²) in [6.07, 6.45) is 13.8. The molecule has 0 saturated heterocycles.